The summed E-state index contributed by atoms with van der Waals surface area (Å²) in [5.41, 5.74) is 0.659. The molecule has 88 valence electrons. The van der Waals surface area contributed by atoms with Crippen LogP contribution in [-0.2, 0) is 0 Å². The molecule has 3 unspecified atom stereocenters. The van der Waals surface area contributed by atoms with E-state index < -0.39 is 6.10 Å². The minimum absolute atomic E-state index is 0.0468. The molecule has 1 heterocycles. The molecule has 3 atom stereocenters. The van der Waals surface area contributed by atoms with Crippen molar-refractivity contribution in [2.24, 2.45) is 5.92 Å². The highest BCUT2D eigenvalue weighted by Crippen LogP contribution is 2.25. The van der Waals surface area contributed by atoms with Gasteiger partial charge in [-0.25, -0.2) is 4.39 Å². The van der Waals surface area contributed by atoms with Crippen molar-refractivity contribution in [3.05, 3.63) is 35.6 Å². The van der Waals surface area contributed by atoms with Gasteiger partial charge in [-0.3, -0.25) is 0 Å². The number of piperidine rings is 1. The first-order chi connectivity index (χ1) is 7.66. The Morgan fingerprint density at radius 1 is 1.50 bits per heavy atom. The predicted molar refractivity (Wildman–Crippen MR) is 61.5 cm³/mol. The molecule has 3 heteroatoms. The highest BCUT2D eigenvalue weighted by atomic mass is 19.1. The van der Waals surface area contributed by atoms with Crippen molar-refractivity contribution in [1.29, 1.82) is 0 Å². The van der Waals surface area contributed by atoms with Gasteiger partial charge in [0.2, 0.25) is 0 Å². The van der Waals surface area contributed by atoms with Crippen LogP contribution in [-0.4, -0.2) is 17.7 Å². The fourth-order valence-corrected chi connectivity index (χ4v) is 2.31. The maximum Gasteiger partial charge on any atom is 0.123 e. The normalized spacial score (nSPS) is 27.7. The van der Waals surface area contributed by atoms with E-state index in [1.807, 2.05) is 0 Å². The zero-order valence-electron chi connectivity index (χ0n) is 9.49. The second kappa shape index (κ2) is 4.93. The molecule has 1 aliphatic heterocycles. The van der Waals surface area contributed by atoms with Crippen LogP contribution in [0, 0.1) is 11.7 Å². The van der Waals surface area contributed by atoms with Gasteiger partial charge in [0, 0.05) is 6.04 Å². The average molecular weight is 223 g/mol. The summed E-state index contributed by atoms with van der Waals surface area (Å²) < 4.78 is 13.0. The Hall–Kier alpha value is -0.930. The van der Waals surface area contributed by atoms with E-state index in [-0.39, 0.29) is 11.9 Å². The molecule has 2 N–H and O–H groups in total. The molecule has 0 amide bonds. The van der Waals surface area contributed by atoms with Crippen molar-refractivity contribution in [1.82, 2.24) is 5.32 Å². The number of nitrogens with one attached hydrogen (secondary N) is 1. The van der Waals surface area contributed by atoms with E-state index in [2.05, 4.69) is 12.2 Å². The quantitative estimate of drug-likeness (QED) is 0.806. The molecule has 1 aromatic carbocycles. The van der Waals surface area contributed by atoms with Gasteiger partial charge in [-0.15, -0.1) is 0 Å². The van der Waals surface area contributed by atoms with Crippen molar-refractivity contribution in [3.63, 3.8) is 0 Å². The largest absolute Gasteiger partial charge is 0.387 e. The molecule has 1 saturated heterocycles. The molecule has 1 aliphatic rings. The number of aliphatic hydroxyl groups excluding tert-OH is 1. The molecule has 0 radical (unpaired) electrons. The Labute approximate surface area is 95.5 Å². The lowest BCUT2D eigenvalue weighted by molar-refractivity contribution is 0.101. The molecular weight excluding hydrogens is 205 g/mol. The van der Waals surface area contributed by atoms with Gasteiger partial charge in [0.05, 0.1) is 6.10 Å². The van der Waals surface area contributed by atoms with E-state index in [1.54, 1.807) is 12.1 Å². The first-order valence-corrected chi connectivity index (χ1v) is 5.83. The zero-order chi connectivity index (χ0) is 11.5. The zero-order valence-corrected chi connectivity index (χ0v) is 9.49. The minimum atomic E-state index is -0.613. The third-order valence-corrected chi connectivity index (χ3v) is 3.27. The first kappa shape index (κ1) is 11.6. The smallest absolute Gasteiger partial charge is 0.123 e. The van der Waals surface area contributed by atoms with Crippen LogP contribution in [0.5, 0.6) is 0 Å². The summed E-state index contributed by atoms with van der Waals surface area (Å²) in [6, 6.07) is 6.26. The Bertz CT molecular complexity index is 356. The predicted octanol–water partition coefficient (Wildman–Crippen LogP) is 2.25. The number of rotatable bonds is 2. The topological polar surface area (TPSA) is 32.3 Å². The summed E-state index contributed by atoms with van der Waals surface area (Å²) >= 11 is 0. The lowest BCUT2D eigenvalue weighted by atomic mass is 9.89. The first-order valence-electron chi connectivity index (χ1n) is 5.83. The molecule has 16 heavy (non-hydrogen) atoms. The lowest BCUT2D eigenvalue weighted by Crippen LogP contribution is -2.41. The highest BCUT2D eigenvalue weighted by Gasteiger charge is 2.25. The van der Waals surface area contributed by atoms with E-state index in [4.69, 9.17) is 0 Å². The summed E-state index contributed by atoms with van der Waals surface area (Å²) in [6.45, 7) is 3.12. The number of hydrogen-bond acceptors (Lipinski definition) is 2. The van der Waals surface area contributed by atoms with Crippen LogP contribution in [0.4, 0.5) is 4.39 Å². The molecule has 2 nitrogen and oxygen atoms in total. The summed E-state index contributed by atoms with van der Waals surface area (Å²) in [5.74, 6) is 0.329. The Morgan fingerprint density at radius 3 is 3.00 bits per heavy atom. The van der Waals surface area contributed by atoms with Gasteiger partial charge in [0.25, 0.3) is 0 Å². The molecule has 2 rings (SSSR count). The van der Waals surface area contributed by atoms with Gasteiger partial charge in [0.1, 0.15) is 5.82 Å². The van der Waals surface area contributed by atoms with E-state index in [0.717, 1.165) is 19.4 Å². The average Bonchev–Trinajstić information content (AvgIpc) is 2.28. The van der Waals surface area contributed by atoms with Gasteiger partial charge < -0.3 is 10.4 Å². The van der Waals surface area contributed by atoms with Crippen molar-refractivity contribution in [2.75, 3.05) is 6.54 Å². The van der Waals surface area contributed by atoms with E-state index in [0.29, 0.717) is 11.5 Å². The van der Waals surface area contributed by atoms with Crippen LogP contribution in [0.25, 0.3) is 0 Å². The summed E-state index contributed by atoms with van der Waals surface area (Å²) in [5, 5.41) is 13.5. The fourth-order valence-electron chi connectivity index (χ4n) is 2.31. The van der Waals surface area contributed by atoms with Crippen LogP contribution >= 0.6 is 0 Å². The van der Waals surface area contributed by atoms with Crippen LogP contribution < -0.4 is 5.32 Å². The number of halogens is 1. The van der Waals surface area contributed by atoms with E-state index in [9.17, 15) is 9.50 Å². The van der Waals surface area contributed by atoms with E-state index in [1.165, 1.54) is 12.1 Å². The van der Waals surface area contributed by atoms with Gasteiger partial charge in [-0.1, -0.05) is 19.1 Å². The van der Waals surface area contributed by atoms with Crippen molar-refractivity contribution in [3.8, 4) is 0 Å². The third-order valence-electron chi connectivity index (χ3n) is 3.27. The maximum absolute atomic E-state index is 13.0. The number of aliphatic hydroxyl groups is 1. The van der Waals surface area contributed by atoms with Crippen LogP contribution in [0.2, 0.25) is 0 Å². The van der Waals surface area contributed by atoms with Gasteiger partial charge in [0.15, 0.2) is 0 Å². The van der Waals surface area contributed by atoms with Gasteiger partial charge in [-0.05, 0) is 43.0 Å². The molecular formula is C13H18FNO. The van der Waals surface area contributed by atoms with Crippen molar-refractivity contribution in [2.45, 2.75) is 31.9 Å². The molecule has 0 spiro atoms. The Balaban J connectivity index is 2.09. The highest BCUT2D eigenvalue weighted by molar-refractivity contribution is 5.20. The number of benzene rings is 1. The van der Waals surface area contributed by atoms with Crippen LogP contribution in [0.1, 0.15) is 31.4 Å². The molecule has 0 bridgehead atoms. The standard InChI is InChI=1S/C13H18FNO/c1-9-5-6-15-12(7-9)13(16)10-3-2-4-11(14)8-10/h2-4,8-9,12-13,15-16H,5-7H2,1H3. The second-order valence-corrected chi connectivity index (χ2v) is 4.69. The lowest BCUT2D eigenvalue weighted by Gasteiger charge is -2.31. The van der Waals surface area contributed by atoms with E-state index >= 15 is 0 Å². The van der Waals surface area contributed by atoms with Gasteiger partial charge in [-0.2, -0.15) is 0 Å². The van der Waals surface area contributed by atoms with Crippen molar-refractivity contribution >= 4 is 0 Å². The Morgan fingerprint density at radius 2 is 2.31 bits per heavy atom. The van der Waals surface area contributed by atoms with Crippen molar-refractivity contribution < 1.29 is 9.50 Å². The second-order valence-electron chi connectivity index (χ2n) is 4.69. The number of hydrogen-bond donors (Lipinski definition) is 2. The van der Waals surface area contributed by atoms with Gasteiger partial charge >= 0.3 is 0 Å². The maximum atomic E-state index is 13.0. The summed E-state index contributed by atoms with van der Waals surface area (Å²) in [7, 11) is 0. The molecule has 0 aliphatic carbocycles. The van der Waals surface area contributed by atoms with Crippen LogP contribution in [0.3, 0.4) is 0 Å². The molecule has 0 aromatic heterocycles. The molecule has 0 saturated carbocycles. The Kier molecular flexibility index (Phi) is 3.56. The van der Waals surface area contributed by atoms with Crippen LogP contribution in [0.15, 0.2) is 24.3 Å². The molecule has 1 aromatic rings. The minimum Gasteiger partial charge on any atom is -0.387 e. The SMILES string of the molecule is CC1CCNC(C(O)c2cccc(F)c2)C1. The fraction of sp³-hybridized carbons (Fsp3) is 0.538. The molecule has 1 fully saturated rings. The summed E-state index contributed by atoms with van der Waals surface area (Å²) in [6.07, 6.45) is 1.47. The third kappa shape index (κ3) is 2.60. The summed E-state index contributed by atoms with van der Waals surface area (Å²) in [4.78, 5) is 0. The monoisotopic (exact) mass is 223 g/mol.